The number of hydrogen-bond donors (Lipinski definition) is 2. The van der Waals surface area contributed by atoms with Crippen molar-refractivity contribution in [1.29, 1.82) is 0 Å². The zero-order valence-corrected chi connectivity index (χ0v) is 10.7. The third-order valence-electron chi connectivity index (χ3n) is 3.87. The highest BCUT2D eigenvalue weighted by atomic mass is 16.5. The zero-order chi connectivity index (χ0) is 13.2. The van der Waals surface area contributed by atoms with Crippen LogP contribution in [0.5, 0.6) is 5.75 Å². The summed E-state index contributed by atoms with van der Waals surface area (Å²) in [6.07, 6.45) is 1.20. The molecule has 2 N–H and O–H groups in total. The van der Waals surface area contributed by atoms with Crippen molar-refractivity contribution >= 4 is 11.6 Å². The fourth-order valence-corrected chi connectivity index (χ4v) is 2.75. The molecule has 102 valence electrons. The molecule has 5 heteroatoms. The predicted molar refractivity (Wildman–Crippen MR) is 71.2 cm³/mol. The van der Waals surface area contributed by atoms with E-state index in [1.807, 2.05) is 0 Å². The van der Waals surface area contributed by atoms with Gasteiger partial charge in [0, 0.05) is 18.2 Å². The fraction of sp³-hybridized carbons (Fsp3) is 0.500. The summed E-state index contributed by atoms with van der Waals surface area (Å²) in [5, 5.41) is 12.6. The van der Waals surface area contributed by atoms with Crippen molar-refractivity contribution in [1.82, 2.24) is 5.32 Å². The Labute approximate surface area is 112 Å². The van der Waals surface area contributed by atoms with Crippen LogP contribution in [0.3, 0.4) is 0 Å². The first-order valence-electron chi connectivity index (χ1n) is 6.66. The number of morpholine rings is 1. The van der Waals surface area contributed by atoms with Crippen LogP contribution in [0, 0.1) is 5.92 Å². The highest BCUT2D eigenvalue weighted by Gasteiger charge is 2.33. The van der Waals surface area contributed by atoms with Gasteiger partial charge in [-0.15, -0.1) is 0 Å². The van der Waals surface area contributed by atoms with Crippen molar-refractivity contribution in [2.75, 3.05) is 31.1 Å². The number of nitrogens with zero attached hydrogens (tertiary/aromatic N) is 1. The van der Waals surface area contributed by atoms with Crippen LogP contribution < -0.4 is 10.2 Å². The lowest BCUT2D eigenvalue weighted by molar-refractivity contribution is -0.131. The maximum Gasteiger partial charge on any atom is 0.253 e. The Morgan fingerprint density at radius 2 is 2.11 bits per heavy atom. The van der Waals surface area contributed by atoms with E-state index in [1.54, 1.807) is 29.2 Å². The van der Waals surface area contributed by atoms with Crippen LogP contribution in [-0.2, 0) is 9.53 Å². The Bertz CT molecular complexity index is 454. The summed E-state index contributed by atoms with van der Waals surface area (Å²) in [7, 11) is 0. The quantitative estimate of drug-likeness (QED) is 0.825. The van der Waals surface area contributed by atoms with Gasteiger partial charge < -0.3 is 20.1 Å². The van der Waals surface area contributed by atoms with Gasteiger partial charge in [-0.2, -0.15) is 0 Å². The van der Waals surface area contributed by atoms with E-state index >= 15 is 0 Å². The normalized spacial score (nSPS) is 27.8. The standard InChI is InChI=1S/C14H18N2O3/c17-12-3-1-11(2-4-12)16-8-13(19-9-14(16)18)10-5-6-15-7-10/h1-4,10,13,15,17H,5-9H2. The number of amides is 1. The van der Waals surface area contributed by atoms with E-state index in [0.717, 1.165) is 25.2 Å². The summed E-state index contributed by atoms with van der Waals surface area (Å²) in [4.78, 5) is 13.7. The molecule has 2 aliphatic heterocycles. The van der Waals surface area contributed by atoms with E-state index in [1.165, 1.54) is 0 Å². The largest absolute Gasteiger partial charge is 0.508 e. The van der Waals surface area contributed by atoms with Crippen molar-refractivity contribution in [3.8, 4) is 5.75 Å². The summed E-state index contributed by atoms with van der Waals surface area (Å²) in [6.45, 7) is 2.72. The summed E-state index contributed by atoms with van der Waals surface area (Å²) in [5.74, 6) is 0.668. The third-order valence-corrected chi connectivity index (χ3v) is 3.87. The Kier molecular flexibility index (Phi) is 3.40. The molecule has 2 atom stereocenters. The fourth-order valence-electron chi connectivity index (χ4n) is 2.75. The SMILES string of the molecule is O=C1COC(C2CCNC2)CN1c1ccc(O)cc1. The molecule has 0 aliphatic carbocycles. The number of nitrogens with one attached hydrogen (secondary N) is 1. The Balaban J connectivity index is 1.75. The molecule has 2 fully saturated rings. The maximum absolute atomic E-state index is 12.0. The Morgan fingerprint density at radius 1 is 1.32 bits per heavy atom. The van der Waals surface area contributed by atoms with Gasteiger partial charge in [0.15, 0.2) is 0 Å². The molecule has 2 unspecified atom stereocenters. The van der Waals surface area contributed by atoms with Crippen LogP contribution in [0.2, 0.25) is 0 Å². The molecular weight excluding hydrogens is 244 g/mol. The summed E-state index contributed by atoms with van der Waals surface area (Å²) >= 11 is 0. The van der Waals surface area contributed by atoms with Gasteiger partial charge in [0.2, 0.25) is 0 Å². The van der Waals surface area contributed by atoms with Crippen molar-refractivity contribution in [3.05, 3.63) is 24.3 Å². The van der Waals surface area contributed by atoms with E-state index in [0.29, 0.717) is 12.5 Å². The minimum Gasteiger partial charge on any atom is -0.508 e. The number of ether oxygens (including phenoxy) is 1. The van der Waals surface area contributed by atoms with E-state index in [9.17, 15) is 9.90 Å². The lowest BCUT2D eigenvalue weighted by atomic mass is 9.99. The van der Waals surface area contributed by atoms with Crippen LogP contribution >= 0.6 is 0 Å². The number of aromatic hydroxyl groups is 1. The Morgan fingerprint density at radius 3 is 2.79 bits per heavy atom. The van der Waals surface area contributed by atoms with Gasteiger partial charge in [0.1, 0.15) is 12.4 Å². The number of carbonyl (C=O) groups is 1. The van der Waals surface area contributed by atoms with Crippen LogP contribution in [0.4, 0.5) is 5.69 Å². The molecule has 1 aromatic carbocycles. The molecule has 1 amide bonds. The number of carbonyl (C=O) groups excluding carboxylic acids is 1. The maximum atomic E-state index is 12.0. The molecule has 0 saturated carbocycles. The second kappa shape index (κ2) is 5.19. The van der Waals surface area contributed by atoms with Crippen LogP contribution in [0.15, 0.2) is 24.3 Å². The molecule has 0 bridgehead atoms. The zero-order valence-electron chi connectivity index (χ0n) is 10.7. The molecule has 0 radical (unpaired) electrons. The van der Waals surface area contributed by atoms with Gasteiger partial charge in [0.25, 0.3) is 5.91 Å². The van der Waals surface area contributed by atoms with Gasteiger partial charge >= 0.3 is 0 Å². The van der Waals surface area contributed by atoms with Gasteiger partial charge in [-0.3, -0.25) is 4.79 Å². The molecule has 2 heterocycles. The van der Waals surface area contributed by atoms with Crippen molar-refractivity contribution in [3.63, 3.8) is 0 Å². The first-order valence-corrected chi connectivity index (χ1v) is 6.66. The number of phenolic OH excluding ortho intramolecular Hbond substituents is 1. The number of phenols is 1. The van der Waals surface area contributed by atoms with Crippen molar-refractivity contribution < 1.29 is 14.6 Å². The third kappa shape index (κ3) is 2.57. The smallest absolute Gasteiger partial charge is 0.253 e. The van der Waals surface area contributed by atoms with Crippen LogP contribution in [0.25, 0.3) is 0 Å². The molecular formula is C14H18N2O3. The first kappa shape index (κ1) is 12.4. The van der Waals surface area contributed by atoms with Gasteiger partial charge in [-0.25, -0.2) is 0 Å². The first-order chi connectivity index (χ1) is 9.24. The second-order valence-corrected chi connectivity index (χ2v) is 5.12. The summed E-state index contributed by atoms with van der Waals surface area (Å²) in [5.41, 5.74) is 0.821. The lowest BCUT2D eigenvalue weighted by Crippen LogP contribution is -2.49. The number of anilines is 1. The van der Waals surface area contributed by atoms with E-state index in [4.69, 9.17) is 4.74 Å². The minimum atomic E-state index is -0.0205. The average Bonchev–Trinajstić information content (AvgIpc) is 2.94. The molecule has 1 aromatic rings. The molecule has 2 saturated heterocycles. The van der Waals surface area contributed by atoms with E-state index in [-0.39, 0.29) is 24.4 Å². The second-order valence-electron chi connectivity index (χ2n) is 5.12. The summed E-state index contributed by atoms with van der Waals surface area (Å²) in [6, 6.07) is 6.74. The molecule has 3 rings (SSSR count). The van der Waals surface area contributed by atoms with E-state index < -0.39 is 0 Å². The topological polar surface area (TPSA) is 61.8 Å². The van der Waals surface area contributed by atoms with Crippen LogP contribution in [-0.4, -0.2) is 43.4 Å². The molecule has 5 nitrogen and oxygen atoms in total. The van der Waals surface area contributed by atoms with Gasteiger partial charge in [-0.05, 0) is 37.2 Å². The van der Waals surface area contributed by atoms with Gasteiger partial charge in [0.05, 0.1) is 12.6 Å². The number of rotatable bonds is 2. The highest BCUT2D eigenvalue weighted by Crippen LogP contribution is 2.25. The number of benzene rings is 1. The van der Waals surface area contributed by atoms with Crippen molar-refractivity contribution in [2.24, 2.45) is 5.92 Å². The van der Waals surface area contributed by atoms with Gasteiger partial charge in [-0.1, -0.05) is 0 Å². The average molecular weight is 262 g/mol. The van der Waals surface area contributed by atoms with Crippen molar-refractivity contribution in [2.45, 2.75) is 12.5 Å². The van der Waals surface area contributed by atoms with E-state index in [2.05, 4.69) is 5.32 Å². The lowest BCUT2D eigenvalue weighted by Gasteiger charge is -2.35. The number of hydrogen-bond acceptors (Lipinski definition) is 4. The minimum absolute atomic E-state index is 0.0205. The van der Waals surface area contributed by atoms with Crippen LogP contribution in [0.1, 0.15) is 6.42 Å². The molecule has 0 spiro atoms. The highest BCUT2D eigenvalue weighted by molar-refractivity contribution is 5.95. The molecule has 0 aromatic heterocycles. The summed E-state index contributed by atoms with van der Waals surface area (Å²) < 4.78 is 5.67. The molecule has 2 aliphatic rings. The Hall–Kier alpha value is -1.59. The predicted octanol–water partition coefficient (Wildman–Crippen LogP) is 0.733. The monoisotopic (exact) mass is 262 g/mol. The molecule has 19 heavy (non-hydrogen) atoms.